The van der Waals surface area contributed by atoms with Crippen LogP contribution in [-0.2, 0) is 4.79 Å². The molecule has 0 aliphatic carbocycles. The van der Waals surface area contributed by atoms with Crippen LogP contribution in [0.1, 0.15) is 29.6 Å². The van der Waals surface area contributed by atoms with Gasteiger partial charge < -0.3 is 19.9 Å². The molecule has 130 valence electrons. The molecular formula is C18H19N3O4. The normalized spacial score (nSPS) is 14.3. The zero-order valence-corrected chi connectivity index (χ0v) is 13.9. The van der Waals surface area contributed by atoms with Crippen molar-refractivity contribution in [1.82, 2.24) is 4.98 Å². The number of nitrogens with one attached hydrogen (secondary N) is 2. The van der Waals surface area contributed by atoms with Gasteiger partial charge in [0.25, 0.3) is 11.5 Å². The molecule has 1 aromatic carbocycles. The first-order valence-electron chi connectivity index (χ1n) is 8.07. The molecule has 1 aliphatic rings. The molecule has 0 radical (unpaired) electrons. The summed E-state index contributed by atoms with van der Waals surface area (Å²) in [6.07, 6.45) is 3.77. The summed E-state index contributed by atoms with van der Waals surface area (Å²) in [5.74, 6) is 0.0845. The van der Waals surface area contributed by atoms with Gasteiger partial charge in [-0.3, -0.25) is 14.4 Å². The fourth-order valence-corrected chi connectivity index (χ4v) is 2.84. The Labute approximate surface area is 144 Å². The van der Waals surface area contributed by atoms with E-state index in [9.17, 15) is 14.4 Å². The fourth-order valence-electron chi connectivity index (χ4n) is 2.84. The van der Waals surface area contributed by atoms with Crippen LogP contribution in [0.15, 0.2) is 41.3 Å². The number of H-pyrrole nitrogens is 1. The summed E-state index contributed by atoms with van der Waals surface area (Å²) in [6.45, 7) is 0.616. The molecule has 0 unspecified atom stereocenters. The molecule has 25 heavy (non-hydrogen) atoms. The number of anilines is 2. The lowest BCUT2D eigenvalue weighted by Crippen LogP contribution is -2.35. The Kier molecular flexibility index (Phi) is 4.83. The minimum absolute atomic E-state index is 0.0221. The predicted molar refractivity (Wildman–Crippen MR) is 94.2 cm³/mol. The van der Waals surface area contributed by atoms with Gasteiger partial charge >= 0.3 is 0 Å². The molecule has 1 aromatic heterocycles. The highest BCUT2D eigenvalue weighted by Crippen LogP contribution is 2.33. The van der Waals surface area contributed by atoms with Crippen LogP contribution < -0.4 is 20.5 Å². The van der Waals surface area contributed by atoms with Crippen molar-refractivity contribution < 1.29 is 14.3 Å². The zero-order chi connectivity index (χ0) is 17.8. The number of rotatable bonds is 4. The summed E-state index contributed by atoms with van der Waals surface area (Å²) >= 11 is 0. The van der Waals surface area contributed by atoms with Gasteiger partial charge in [0.1, 0.15) is 11.3 Å². The van der Waals surface area contributed by atoms with Crippen LogP contribution in [0.25, 0.3) is 0 Å². The van der Waals surface area contributed by atoms with Crippen LogP contribution in [-0.4, -0.2) is 30.5 Å². The minimum atomic E-state index is -0.511. The average Bonchev–Trinajstić information content (AvgIpc) is 2.62. The van der Waals surface area contributed by atoms with Gasteiger partial charge in [-0.2, -0.15) is 0 Å². The number of nitrogens with zero attached hydrogens (tertiary/aromatic N) is 1. The molecule has 7 nitrogen and oxygen atoms in total. The van der Waals surface area contributed by atoms with Crippen LogP contribution in [0.5, 0.6) is 5.75 Å². The van der Waals surface area contributed by atoms with E-state index < -0.39 is 11.5 Å². The lowest BCUT2D eigenvalue weighted by molar-refractivity contribution is -0.119. The smallest absolute Gasteiger partial charge is 0.261 e. The number of aromatic amines is 1. The maximum atomic E-state index is 12.3. The number of carbonyl (C=O) groups is 2. The maximum absolute atomic E-state index is 12.3. The highest BCUT2D eigenvalue weighted by atomic mass is 16.5. The van der Waals surface area contributed by atoms with Crippen molar-refractivity contribution in [3.8, 4) is 5.75 Å². The summed E-state index contributed by atoms with van der Waals surface area (Å²) < 4.78 is 5.35. The van der Waals surface area contributed by atoms with Crippen LogP contribution in [0, 0.1) is 0 Å². The first kappa shape index (κ1) is 16.8. The van der Waals surface area contributed by atoms with E-state index >= 15 is 0 Å². The first-order valence-corrected chi connectivity index (χ1v) is 8.07. The van der Waals surface area contributed by atoms with Crippen molar-refractivity contribution in [1.29, 1.82) is 0 Å². The molecule has 0 saturated carbocycles. The van der Waals surface area contributed by atoms with E-state index in [2.05, 4.69) is 10.3 Å². The molecule has 1 saturated heterocycles. The van der Waals surface area contributed by atoms with Gasteiger partial charge in [-0.05, 0) is 43.2 Å². The summed E-state index contributed by atoms with van der Waals surface area (Å²) in [7, 11) is 1.54. The Bertz CT molecular complexity index is 859. The Morgan fingerprint density at radius 1 is 1.24 bits per heavy atom. The molecule has 0 spiro atoms. The van der Waals surface area contributed by atoms with Crippen LogP contribution in [0.3, 0.4) is 0 Å². The summed E-state index contributed by atoms with van der Waals surface area (Å²) in [5.41, 5.74) is 0.670. The van der Waals surface area contributed by atoms with Crippen LogP contribution in [0.2, 0.25) is 0 Å². The third-order valence-electron chi connectivity index (χ3n) is 4.11. The monoisotopic (exact) mass is 341 g/mol. The largest absolute Gasteiger partial charge is 0.495 e. The van der Waals surface area contributed by atoms with Crippen molar-refractivity contribution in [3.63, 3.8) is 0 Å². The molecule has 3 rings (SSSR count). The third kappa shape index (κ3) is 3.55. The van der Waals surface area contributed by atoms with E-state index in [0.29, 0.717) is 30.1 Å². The predicted octanol–water partition coefficient (Wildman–Crippen LogP) is 2.15. The molecule has 2 amide bonds. The van der Waals surface area contributed by atoms with Gasteiger partial charge in [-0.25, -0.2) is 0 Å². The first-order chi connectivity index (χ1) is 12.1. The van der Waals surface area contributed by atoms with Crippen molar-refractivity contribution in [2.75, 3.05) is 23.9 Å². The Hall–Kier alpha value is -3.09. The number of piperidine rings is 1. The van der Waals surface area contributed by atoms with Gasteiger partial charge in [0, 0.05) is 24.8 Å². The van der Waals surface area contributed by atoms with Crippen LogP contribution in [0.4, 0.5) is 11.4 Å². The van der Waals surface area contributed by atoms with E-state index in [0.717, 1.165) is 12.8 Å². The second-order valence-electron chi connectivity index (χ2n) is 5.76. The van der Waals surface area contributed by atoms with Crippen LogP contribution >= 0.6 is 0 Å². The van der Waals surface area contributed by atoms with Crippen molar-refractivity contribution >= 4 is 23.2 Å². The molecule has 2 N–H and O–H groups in total. The maximum Gasteiger partial charge on any atom is 0.261 e. The number of hydrogen-bond donors (Lipinski definition) is 2. The van der Waals surface area contributed by atoms with Gasteiger partial charge in [0.2, 0.25) is 5.91 Å². The topological polar surface area (TPSA) is 91.5 Å². The van der Waals surface area contributed by atoms with Gasteiger partial charge in [0.15, 0.2) is 0 Å². The lowest BCUT2D eigenvalue weighted by Gasteiger charge is -2.28. The minimum Gasteiger partial charge on any atom is -0.495 e. The SMILES string of the molecule is COc1ccc(NC(=O)c2ccc[nH]c2=O)cc1N1CCCCC1=O. The molecule has 1 fully saturated rings. The number of ether oxygens (including phenoxy) is 1. The van der Waals surface area contributed by atoms with Crippen molar-refractivity contribution in [2.24, 2.45) is 0 Å². The molecule has 2 heterocycles. The van der Waals surface area contributed by atoms with Gasteiger partial charge in [0.05, 0.1) is 12.8 Å². The molecule has 2 aromatic rings. The van der Waals surface area contributed by atoms with Crippen molar-refractivity contribution in [3.05, 3.63) is 52.4 Å². The van der Waals surface area contributed by atoms with Crippen molar-refractivity contribution in [2.45, 2.75) is 19.3 Å². The third-order valence-corrected chi connectivity index (χ3v) is 4.11. The number of aromatic nitrogens is 1. The summed E-state index contributed by atoms with van der Waals surface area (Å²) in [5, 5.41) is 2.69. The molecule has 7 heteroatoms. The van der Waals surface area contributed by atoms with Gasteiger partial charge in [-0.15, -0.1) is 0 Å². The summed E-state index contributed by atoms with van der Waals surface area (Å²) in [6, 6.07) is 8.10. The standard InChI is InChI=1S/C18H19N3O4/c1-25-15-8-7-12(11-14(15)21-10-3-2-6-16(21)22)20-18(24)13-5-4-9-19-17(13)23/h4-5,7-9,11H,2-3,6,10H2,1H3,(H,19,23)(H,20,24). The second kappa shape index (κ2) is 7.21. The average molecular weight is 341 g/mol. The number of amides is 2. The lowest BCUT2D eigenvalue weighted by atomic mass is 10.1. The fraction of sp³-hybridized carbons (Fsp3) is 0.278. The zero-order valence-electron chi connectivity index (χ0n) is 13.9. The highest BCUT2D eigenvalue weighted by molar-refractivity contribution is 6.04. The Balaban J connectivity index is 1.89. The number of methoxy groups -OCH3 is 1. The Morgan fingerprint density at radius 3 is 2.80 bits per heavy atom. The van der Waals surface area contributed by atoms with E-state index in [1.54, 1.807) is 29.2 Å². The van der Waals surface area contributed by atoms with E-state index in [1.165, 1.54) is 19.4 Å². The second-order valence-corrected chi connectivity index (χ2v) is 5.76. The number of benzene rings is 1. The summed E-state index contributed by atoms with van der Waals surface area (Å²) in [4.78, 5) is 40.4. The number of pyridine rings is 1. The Morgan fingerprint density at radius 2 is 2.08 bits per heavy atom. The molecule has 0 bridgehead atoms. The molecule has 1 aliphatic heterocycles. The number of carbonyl (C=O) groups excluding carboxylic acids is 2. The molecule has 0 atom stereocenters. The quantitative estimate of drug-likeness (QED) is 0.891. The van der Waals surface area contributed by atoms with E-state index in [-0.39, 0.29) is 11.5 Å². The van der Waals surface area contributed by atoms with E-state index in [4.69, 9.17) is 4.74 Å². The number of hydrogen-bond acceptors (Lipinski definition) is 4. The van der Waals surface area contributed by atoms with Gasteiger partial charge in [-0.1, -0.05) is 0 Å². The molecular weight excluding hydrogens is 322 g/mol. The highest BCUT2D eigenvalue weighted by Gasteiger charge is 2.23. The van der Waals surface area contributed by atoms with E-state index in [1.807, 2.05) is 0 Å².